The zero-order chi connectivity index (χ0) is 17.6. The third-order valence-electron chi connectivity index (χ3n) is 10.8. The van der Waals surface area contributed by atoms with Crippen molar-refractivity contribution in [3.8, 4) is 12.3 Å². The molecule has 0 radical (unpaired) electrons. The minimum atomic E-state index is 0.439. The van der Waals surface area contributed by atoms with Crippen molar-refractivity contribution in [1.29, 1.82) is 0 Å². The molecule has 0 heterocycles. The fraction of sp³-hybridized carbons (Fsp3) is 0.917. The lowest BCUT2D eigenvalue weighted by molar-refractivity contribution is -0.160. The standard InChI is InChI=1S/C24H36O/c1-6-15(2)18-7-8-19-17-13-21(25-5)24-14-16(24)9-12-23(24,4)20(17)10-11-22(18,19)3/h1,15-21H,7-14H2,2-5H3/t15-,16+,17+,18-,19+,20+,21-,22-,23-,24+/m1/s1. The van der Waals surface area contributed by atoms with Crippen LogP contribution < -0.4 is 0 Å². The molecule has 5 saturated carbocycles. The van der Waals surface area contributed by atoms with Gasteiger partial charge in [0.2, 0.25) is 0 Å². The van der Waals surface area contributed by atoms with Crippen LogP contribution in [0.1, 0.15) is 72.1 Å². The molecule has 5 aliphatic carbocycles. The number of fused-ring (bicyclic) bond motifs is 4. The van der Waals surface area contributed by atoms with Crippen LogP contribution in [0.2, 0.25) is 0 Å². The zero-order valence-electron chi connectivity index (χ0n) is 16.7. The van der Waals surface area contributed by atoms with Crippen molar-refractivity contribution in [1.82, 2.24) is 0 Å². The molecule has 0 aromatic carbocycles. The van der Waals surface area contributed by atoms with Gasteiger partial charge in [0, 0.05) is 18.4 Å². The first-order valence-electron chi connectivity index (χ1n) is 10.9. The SMILES string of the molecule is C#C[C@@H](C)[C@H]1CC[C@H]2[C@@H]3C[C@@H](OC)[C@]45C[C@@H]4CC[C@]5(C)[C@H]3CC[C@]12C. The van der Waals surface area contributed by atoms with Gasteiger partial charge in [0.25, 0.3) is 0 Å². The number of ether oxygens (including phenoxy) is 1. The monoisotopic (exact) mass is 340 g/mol. The Labute approximate surface area is 154 Å². The van der Waals surface area contributed by atoms with Gasteiger partial charge in [-0.1, -0.05) is 20.8 Å². The number of hydrogen-bond donors (Lipinski definition) is 0. The second-order valence-corrected chi connectivity index (χ2v) is 10.9. The van der Waals surface area contributed by atoms with Crippen LogP contribution in [-0.4, -0.2) is 13.2 Å². The molecule has 5 rings (SSSR count). The van der Waals surface area contributed by atoms with E-state index < -0.39 is 0 Å². The summed E-state index contributed by atoms with van der Waals surface area (Å²) in [5.41, 5.74) is 1.59. The predicted octanol–water partition coefficient (Wildman–Crippen LogP) is 5.54. The van der Waals surface area contributed by atoms with Gasteiger partial charge in [-0.15, -0.1) is 12.3 Å². The van der Waals surface area contributed by atoms with Crippen molar-refractivity contribution in [2.45, 2.75) is 78.2 Å². The van der Waals surface area contributed by atoms with E-state index in [2.05, 4.69) is 26.7 Å². The Bertz CT molecular complexity index is 618. The van der Waals surface area contributed by atoms with E-state index in [0.29, 0.717) is 28.3 Å². The third kappa shape index (κ3) is 1.77. The molecule has 25 heavy (non-hydrogen) atoms. The predicted molar refractivity (Wildman–Crippen MR) is 102 cm³/mol. The van der Waals surface area contributed by atoms with Crippen LogP contribution in [0.15, 0.2) is 0 Å². The second kappa shape index (κ2) is 5.07. The maximum atomic E-state index is 6.21. The summed E-state index contributed by atoms with van der Waals surface area (Å²) in [5.74, 6) is 7.97. The first-order valence-corrected chi connectivity index (χ1v) is 10.9. The summed E-state index contributed by atoms with van der Waals surface area (Å²) in [6.45, 7) is 7.57. The molecule has 0 aromatic heterocycles. The van der Waals surface area contributed by atoms with Gasteiger partial charge in [0.15, 0.2) is 0 Å². The van der Waals surface area contributed by atoms with E-state index >= 15 is 0 Å². The lowest BCUT2D eigenvalue weighted by Crippen LogP contribution is -2.57. The molecule has 1 nitrogen and oxygen atoms in total. The van der Waals surface area contributed by atoms with E-state index in [-0.39, 0.29) is 0 Å². The minimum Gasteiger partial charge on any atom is -0.381 e. The van der Waals surface area contributed by atoms with Gasteiger partial charge in [-0.05, 0) is 91.8 Å². The molecule has 10 atom stereocenters. The van der Waals surface area contributed by atoms with Gasteiger partial charge in [-0.25, -0.2) is 0 Å². The minimum absolute atomic E-state index is 0.439. The van der Waals surface area contributed by atoms with Gasteiger partial charge in [-0.3, -0.25) is 0 Å². The molecule has 0 bridgehead atoms. The van der Waals surface area contributed by atoms with E-state index in [0.717, 1.165) is 29.6 Å². The third-order valence-corrected chi connectivity index (χ3v) is 10.8. The van der Waals surface area contributed by atoms with Crippen molar-refractivity contribution >= 4 is 0 Å². The summed E-state index contributed by atoms with van der Waals surface area (Å²) in [7, 11) is 1.99. The summed E-state index contributed by atoms with van der Waals surface area (Å²) in [6, 6.07) is 0. The smallest absolute Gasteiger partial charge is 0.0638 e. The van der Waals surface area contributed by atoms with Crippen LogP contribution in [0.25, 0.3) is 0 Å². The van der Waals surface area contributed by atoms with Crippen molar-refractivity contribution < 1.29 is 4.74 Å². The van der Waals surface area contributed by atoms with E-state index in [1.54, 1.807) is 0 Å². The lowest BCUT2D eigenvalue weighted by Gasteiger charge is -2.61. The quantitative estimate of drug-likeness (QED) is 0.600. The van der Waals surface area contributed by atoms with Crippen molar-refractivity contribution in [2.24, 2.45) is 51.8 Å². The maximum Gasteiger partial charge on any atom is 0.0638 e. The average Bonchev–Trinajstić information content (AvgIpc) is 3.12. The first-order chi connectivity index (χ1) is 11.9. The Morgan fingerprint density at radius 3 is 2.56 bits per heavy atom. The fourth-order valence-electron chi connectivity index (χ4n) is 9.56. The highest BCUT2D eigenvalue weighted by molar-refractivity contribution is 5.26. The van der Waals surface area contributed by atoms with Gasteiger partial charge < -0.3 is 4.74 Å². The van der Waals surface area contributed by atoms with Crippen molar-refractivity contribution in [2.75, 3.05) is 7.11 Å². The van der Waals surface area contributed by atoms with E-state index in [4.69, 9.17) is 11.2 Å². The van der Waals surface area contributed by atoms with E-state index in [1.807, 2.05) is 7.11 Å². The summed E-state index contributed by atoms with van der Waals surface area (Å²) < 4.78 is 6.21. The highest BCUT2D eigenvalue weighted by Crippen LogP contribution is 2.82. The Balaban J connectivity index is 1.51. The topological polar surface area (TPSA) is 9.23 Å². The van der Waals surface area contributed by atoms with Gasteiger partial charge in [0.05, 0.1) is 6.10 Å². The summed E-state index contributed by atoms with van der Waals surface area (Å²) in [4.78, 5) is 0. The molecule has 1 heteroatoms. The van der Waals surface area contributed by atoms with Crippen LogP contribution in [0.3, 0.4) is 0 Å². The van der Waals surface area contributed by atoms with Crippen molar-refractivity contribution in [3.63, 3.8) is 0 Å². The van der Waals surface area contributed by atoms with Gasteiger partial charge >= 0.3 is 0 Å². The number of terminal acetylenes is 1. The molecule has 0 saturated heterocycles. The van der Waals surface area contributed by atoms with Crippen LogP contribution in [-0.2, 0) is 4.74 Å². The molecule has 0 aromatic rings. The van der Waals surface area contributed by atoms with E-state index in [1.165, 1.54) is 51.4 Å². The molecule has 0 aliphatic heterocycles. The molecule has 0 N–H and O–H groups in total. The molecular formula is C24H36O. The zero-order valence-corrected chi connectivity index (χ0v) is 16.7. The van der Waals surface area contributed by atoms with Crippen LogP contribution in [0.4, 0.5) is 0 Å². The second-order valence-electron chi connectivity index (χ2n) is 10.9. The molecule has 5 aliphatic rings. The normalized spacial score (nSPS) is 60.0. The molecule has 5 fully saturated rings. The average molecular weight is 341 g/mol. The first kappa shape index (κ1) is 16.7. The summed E-state index contributed by atoms with van der Waals surface area (Å²) >= 11 is 0. The highest BCUT2D eigenvalue weighted by Gasteiger charge is 2.77. The number of methoxy groups -OCH3 is 1. The van der Waals surface area contributed by atoms with Crippen LogP contribution in [0.5, 0.6) is 0 Å². The van der Waals surface area contributed by atoms with Crippen LogP contribution >= 0.6 is 0 Å². The number of rotatable bonds is 2. The highest BCUT2D eigenvalue weighted by atomic mass is 16.5. The van der Waals surface area contributed by atoms with Gasteiger partial charge in [-0.2, -0.15) is 0 Å². The summed E-state index contributed by atoms with van der Waals surface area (Å²) in [5, 5.41) is 0. The molecule has 0 amide bonds. The summed E-state index contributed by atoms with van der Waals surface area (Å²) in [6.07, 6.45) is 17.8. The largest absolute Gasteiger partial charge is 0.381 e. The van der Waals surface area contributed by atoms with Crippen LogP contribution in [0, 0.1) is 64.1 Å². The Kier molecular flexibility index (Phi) is 3.38. The van der Waals surface area contributed by atoms with Gasteiger partial charge in [0.1, 0.15) is 0 Å². The molecule has 1 spiro atoms. The lowest BCUT2D eigenvalue weighted by atomic mass is 9.45. The molecule has 138 valence electrons. The maximum absolute atomic E-state index is 6.21. The molecular weight excluding hydrogens is 304 g/mol. The fourth-order valence-corrected chi connectivity index (χ4v) is 9.56. The Morgan fingerprint density at radius 2 is 1.88 bits per heavy atom. The Hall–Kier alpha value is -0.480. The number of hydrogen-bond acceptors (Lipinski definition) is 1. The molecule has 0 unspecified atom stereocenters. The van der Waals surface area contributed by atoms with Crippen molar-refractivity contribution in [3.05, 3.63) is 0 Å². The Morgan fingerprint density at radius 1 is 1.08 bits per heavy atom. The van der Waals surface area contributed by atoms with E-state index in [9.17, 15) is 0 Å².